The van der Waals surface area contributed by atoms with Crippen molar-refractivity contribution < 1.29 is 51.3 Å². The highest BCUT2D eigenvalue weighted by Gasteiger charge is 2.62. The molecule has 5 atom stereocenters. The molecule has 1 saturated heterocycles. The van der Waals surface area contributed by atoms with Crippen LogP contribution in [0.25, 0.3) is 0 Å². The molecule has 6 aliphatic rings. The summed E-state index contributed by atoms with van der Waals surface area (Å²) in [6, 6.07) is -0.421. The molecule has 4 aliphatic heterocycles. The second-order valence-electron chi connectivity index (χ2n) is 16.5. The molecule has 0 spiro atoms. The summed E-state index contributed by atoms with van der Waals surface area (Å²) in [5.74, 6) is -1.05. The first kappa shape index (κ1) is 38.0. The number of alkyl carbamates (subject to hydrolysis) is 1. The van der Waals surface area contributed by atoms with Gasteiger partial charge in [-0.15, -0.1) is 0 Å². The van der Waals surface area contributed by atoms with Crippen molar-refractivity contribution in [3.05, 3.63) is 22.8 Å². The summed E-state index contributed by atoms with van der Waals surface area (Å²) in [5.41, 5.74) is 0.625. The highest BCUT2D eigenvalue weighted by Crippen LogP contribution is 2.47. The maximum Gasteiger partial charge on any atom is 0.410 e. The first-order valence-electron chi connectivity index (χ1n) is 19.1. The number of nitrogens with zero attached hydrogens (tertiary/aromatic N) is 2. The van der Waals surface area contributed by atoms with Crippen LogP contribution < -0.4 is 24.8 Å². The summed E-state index contributed by atoms with van der Waals surface area (Å²) in [7, 11) is -3.89. The average molecular weight is 774 g/mol. The Hall–Kier alpha value is -4.28. The van der Waals surface area contributed by atoms with Crippen molar-refractivity contribution in [2.45, 2.75) is 134 Å². The summed E-state index contributed by atoms with van der Waals surface area (Å²) in [6.07, 6.45) is 3.15. The van der Waals surface area contributed by atoms with Gasteiger partial charge in [0.1, 0.15) is 23.7 Å². The van der Waals surface area contributed by atoms with Gasteiger partial charge in [-0.3, -0.25) is 24.0 Å². The Morgan fingerprint density at radius 2 is 1.78 bits per heavy atom. The van der Waals surface area contributed by atoms with Crippen LogP contribution in [0.2, 0.25) is 0 Å². The fourth-order valence-corrected chi connectivity index (χ4v) is 9.54. The SMILES string of the molecule is CC[C@H]1C[C@@]1(NC(=O)C1C[C@@H]2CN1C(=O)[C@H](C(C)(C)C)NC(=O)OCCCCCCc1c3c(cc4c1OCO4)CN(C3)C(=O)O2)C(=O)NS(=O)(=O)C1CC1. The van der Waals surface area contributed by atoms with Crippen molar-refractivity contribution in [2.75, 3.05) is 19.9 Å². The average Bonchev–Trinajstić information content (AvgIpc) is 3.93. The van der Waals surface area contributed by atoms with Crippen molar-refractivity contribution in [3.8, 4) is 11.5 Å². The van der Waals surface area contributed by atoms with E-state index >= 15 is 0 Å². The minimum absolute atomic E-state index is 0.0818. The van der Waals surface area contributed by atoms with Crippen molar-refractivity contribution in [3.63, 3.8) is 0 Å². The first-order chi connectivity index (χ1) is 25.6. The van der Waals surface area contributed by atoms with E-state index in [1.165, 1.54) is 4.90 Å². The van der Waals surface area contributed by atoms with Crippen LogP contribution in [0.5, 0.6) is 11.5 Å². The Kier molecular flexibility index (Phi) is 10.1. The molecule has 3 fully saturated rings. The number of carbonyl (C=O) groups excluding carboxylic acids is 5. The van der Waals surface area contributed by atoms with Gasteiger partial charge in [-0.25, -0.2) is 18.0 Å². The van der Waals surface area contributed by atoms with E-state index in [1.807, 2.05) is 13.0 Å². The number of fused-ring (bicyclic) bond motifs is 5. The Morgan fingerprint density at radius 3 is 2.48 bits per heavy atom. The molecule has 7 rings (SSSR count). The highest BCUT2D eigenvalue weighted by molar-refractivity contribution is 7.91. The lowest BCUT2D eigenvalue weighted by Crippen LogP contribution is -2.60. The molecule has 1 unspecified atom stereocenters. The number of ether oxygens (including phenoxy) is 4. The molecule has 17 heteroatoms. The zero-order chi connectivity index (χ0) is 38.6. The van der Waals surface area contributed by atoms with E-state index in [0.717, 1.165) is 36.0 Å². The van der Waals surface area contributed by atoms with E-state index in [1.54, 1.807) is 25.7 Å². The van der Waals surface area contributed by atoms with Gasteiger partial charge in [0.25, 0.3) is 5.91 Å². The van der Waals surface area contributed by atoms with E-state index in [2.05, 4.69) is 15.4 Å². The second kappa shape index (κ2) is 14.4. The number of rotatable bonds is 6. The maximum atomic E-state index is 14.4. The number of nitrogens with one attached hydrogen (secondary N) is 3. The van der Waals surface area contributed by atoms with Gasteiger partial charge >= 0.3 is 12.2 Å². The molecule has 54 heavy (non-hydrogen) atoms. The lowest BCUT2D eigenvalue weighted by Gasteiger charge is -2.35. The standard InChI is InChI=1S/C37H51N5O11S/c1-5-22-16-37(22,33(45)40-54(48,49)24-11-12-24)39-31(43)27-15-23-18-42(27)32(44)30(36(2,3)4)38-34(46)50-13-9-7-6-8-10-25-26-19-41(35(47)53-23)17-21(26)14-28-29(25)52-20-51-28/h14,22-24,27,30H,5-13,15-20H2,1-4H3,(H,38,46)(H,39,43)(H,40,45)/t22-,23+,27?,30+,37-/m0/s1. The molecular formula is C37H51N5O11S. The first-order valence-corrected chi connectivity index (χ1v) is 20.7. The van der Waals surface area contributed by atoms with Gasteiger partial charge in [0.05, 0.1) is 24.9 Å². The van der Waals surface area contributed by atoms with Crippen LogP contribution in [0.15, 0.2) is 6.07 Å². The Balaban J connectivity index is 1.15. The monoisotopic (exact) mass is 773 g/mol. The predicted molar refractivity (Wildman–Crippen MR) is 191 cm³/mol. The molecule has 2 aliphatic carbocycles. The summed E-state index contributed by atoms with van der Waals surface area (Å²) < 4.78 is 50.7. The van der Waals surface area contributed by atoms with E-state index in [4.69, 9.17) is 18.9 Å². The van der Waals surface area contributed by atoms with Gasteiger partial charge in [-0.05, 0) is 67.1 Å². The van der Waals surface area contributed by atoms with Gasteiger partial charge in [0.2, 0.25) is 28.6 Å². The van der Waals surface area contributed by atoms with Crippen LogP contribution in [0.3, 0.4) is 0 Å². The predicted octanol–water partition coefficient (Wildman–Crippen LogP) is 2.99. The smallest absolute Gasteiger partial charge is 0.410 e. The van der Waals surface area contributed by atoms with E-state index < -0.39 is 74.3 Å². The van der Waals surface area contributed by atoms with Crippen molar-refractivity contribution in [1.29, 1.82) is 0 Å². The van der Waals surface area contributed by atoms with Crippen LogP contribution in [-0.4, -0.2) is 97.0 Å². The third-order valence-electron chi connectivity index (χ3n) is 11.5. The lowest BCUT2D eigenvalue weighted by atomic mass is 9.85. The number of amides is 5. The summed E-state index contributed by atoms with van der Waals surface area (Å²) in [4.78, 5) is 71.9. The van der Waals surface area contributed by atoms with Crippen LogP contribution in [0, 0.1) is 11.3 Å². The topological polar surface area (TPSA) is 199 Å². The number of carbonyl (C=O) groups is 5. The van der Waals surface area contributed by atoms with Gasteiger partial charge in [0.15, 0.2) is 11.5 Å². The molecule has 16 nitrogen and oxygen atoms in total. The molecule has 1 aromatic rings. The number of cyclic esters (lactones) is 1. The normalized spacial score (nSPS) is 28.9. The van der Waals surface area contributed by atoms with Gasteiger partial charge < -0.3 is 34.5 Å². The van der Waals surface area contributed by atoms with Crippen LogP contribution in [-0.2, 0) is 53.4 Å². The lowest BCUT2D eigenvalue weighted by molar-refractivity contribution is -0.143. The summed E-state index contributed by atoms with van der Waals surface area (Å²) >= 11 is 0. The maximum absolute atomic E-state index is 14.4. The number of hydrogen-bond acceptors (Lipinski definition) is 11. The Morgan fingerprint density at radius 1 is 1.02 bits per heavy atom. The molecule has 5 amide bonds. The number of sulfonamides is 1. The molecule has 4 heterocycles. The van der Waals surface area contributed by atoms with Crippen molar-refractivity contribution in [1.82, 2.24) is 25.2 Å². The summed E-state index contributed by atoms with van der Waals surface area (Å²) in [5, 5.41) is 4.89. The Labute approximate surface area is 315 Å². The molecule has 2 saturated carbocycles. The van der Waals surface area contributed by atoms with Gasteiger partial charge in [0, 0.05) is 18.5 Å². The van der Waals surface area contributed by atoms with Crippen molar-refractivity contribution >= 4 is 39.9 Å². The van der Waals surface area contributed by atoms with E-state index in [-0.39, 0.29) is 45.2 Å². The zero-order valence-corrected chi connectivity index (χ0v) is 32.2. The van der Waals surface area contributed by atoms with E-state index in [9.17, 15) is 32.4 Å². The molecule has 1 aromatic carbocycles. The molecule has 0 aromatic heterocycles. The fourth-order valence-electron chi connectivity index (χ4n) is 8.18. The minimum Gasteiger partial charge on any atom is -0.454 e. The highest BCUT2D eigenvalue weighted by atomic mass is 32.2. The molecular weight excluding hydrogens is 722 g/mol. The third-order valence-corrected chi connectivity index (χ3v) is 13.4. The van der Waals surface area contributed by atoms with Crippen molar-refractivity contribution in [2.24, 2.45) is 11.3 Å². The van der Waals surface area contributed by atoms with Gasteiger partial charge in [-0.2, -0.15) is 0 Å². The van der Waals surface area contributed by atoms with Crippen LogP contribution in [0.1, 0.15) is 102 Å². The second-order valence-corrected chi connectivity index (χ2v) is 18.5. The zero-order valence-electron chi connectivity index (χ0n) is 31.4. The number of benzene rings is 1. The summed E-state index contributed by atoms with van der Waals surface area (Å²) in [6.45, 7) is 7.89. The largest absolute Gasteiger partial charge is 0.454 e. The molecule has 4 bridgehead atoms. The molecule has 0 radical (unpaired) electrons. The third kappa shape index (κ3) is 7.52. The fraction of sp³-hybridized carbons (Fsp3) is 0.703. The quantitative estimate of drug-likeness (QED) is 0.384. The molecule has 3 N–H and O–H groups in total. The Bertz CT molecular complexity index is 1830. The van der Waals surface area contributed by atoms with E-state index in [0.29, 0.717) is 50.1 Å². The molecule has 296 valence electrons. The minimum atomic E-state index is -3.89. The number of hydrogen-bond donors (Lipinski definition) is 3. The van der Waals surface area contributed by atoms with Crippen LogP contribution >= 0.6 is 0 Å². The van der Waals surface area contributed by atoms with Gasteiger partial charge in [-0.1, -0.05) is 47.0 Å². The van der Waals surface area contributed by atoms with Crippen LogP contribution in [0.4, 0.5) is 9.59 Å².